The Labute approximate surface area is 209 Å². The van der Waals surface area contributed by atoms with Gasteiger partial charge in [-0.2, -0.15) is 0 Å². The zero-order chi connectivity index (χ0) is 27.2. The van der Waals surface area contributed by atoms with E-state index < -0.39 is 0 Å². The summed E-state index contributed by atoms with van der Waals surface area (Å²) in [6, 6.07) is 5.25. The number of aromatic hydroxyl groups is 1. The lowest BCUT2D eigenvalue weighted by molar-refractivity contribution is -0.121. The van der Waals surface area contributed by atoms with Crippen molar-refractivity contribution in [2.75, 3.05) is 6.54 Å². The topological polar surface area (TPSA) is 65.1 Å². The molecular formula is C30H50N2O2. The van der Waals surface area contributed by atoms with Crippen LogP contribution < -0.4 is 5.32 Å². The summed E-state index contributed by atoms with van der Waals surface area (Å²) in [4.78, 5) is 14.5. The number of hydrogen-bond donors (Lipinski definition) is 3. The van der Waals surface area contributed by atoms with E-state index in [1.807, 2.05) is 53.0 Å². The van der Waals surface area contributed by atoms with Gasteiger partial charge in [-0.15, -0.1) is 32.9 Å². The third-order valence-electron chi connectivity index (χ3n) is 3.23. The molecule has 0 aliphatic carbocycles. The third kappa shape index (κ3) is 26.8. The standard InChI is InChI=1S/C14H18N2O2.C4H8.4C3H6/c1-2-3-14(18)15-7-6-10-9-16-13-5-4-11(17)8-12(10)13;1-3-4-2;4*1-3-2/h4-5,8-9,16-17H,2-3,6-7H2,1H3,(H,15,18);3H,1,4H2,2H3;4*3H,1H2,2H3. The molecule has 0 bridgehead atoms. The van der Waals surface area contributed by atoms with Crippen LogP contribution in [0.25, 0.3) is 10.9 Å². The van der Waals surface area contributed by atoms with E-state index in [1.54, 1.807) is 36.4 Å². The number of aromatic nitrogens is 1. The number of amides is 1. The van der Waals surface area contributed by atoms with Gasteiger partial charge in [-0.25, -0.2) is 0 Å². The van der Waals surface area contributed by atoms with E-state index in [4.69, 9.17) is 0 Å². The second-order valence-electron chi connectivity index (χ2n) is 6.72. The highest BCUT2D eigenvalue weighted by atomic mass is 16.3. The van der Waals surface area contributed by atoms with Gasteiger partial charge in [0.15, 0.2) is 0 Å². The van der Waals surface area contributed by atoms with E-state index in [1.165, 1.54) is 0 Å². The van der Waals surface area contributed by atoms with Crippen LogP contribution in [-0.4, -0.2) is 22.5 Å². The van der Waals surface area contributed by atoms with E-state index in [9.17, 15) is 9.90 Å². The maximum atomic E-state index is 11.3. The van der Waals surface area contributed by atoms with Gasteiger partial charge in [-0.1, -0.05) is 44.2 Å². The first-order valence-corrected chi connectivity index (χ1v) is 11.7. The van der Waals surface area contributed by atoms with E-state index in [0.717, 1.165) is 35.7 Å². The number of rotatable bonds is 6. The summed E-state index contributed by atoms with van der Waals surface area (Å²) in [6.07, 6.45) is 14.1. The number of carbonyl (C=O) groups is 1. The summed E-state index contributed by atoms with van der Waals surface area (Å²) in [6.45, 7) is 29.2. The van der Waals surface area contributed by atoms with Crippen LogP contribution in [0.5, 0.6) is 5.75 Å². The predicted molar refractivity (Wildman–Crippen MR) is 156 cm³/mol. The van der Waals surface area contributed by atoms with Gasteiger partial charge in [0.25, 0.3) is 0 Å². The number of benzene rings is 1. The number of aromatic amines is 1. The molecule has 2 rings (SSSR count). The average Bonchev–Trinajstić information content (AvgIpc) is 3.18. The molecule has 34 heavy (non-hydrogen) atoms. The minimum atomic E-state index is 0.0974. The molecule has 0 aliphatic heterocycles. The fraction of sp³-hybridized carbons (Fsp3) is 0.367. The third-order valence-corrected chi connectivity index (χ3v) is 3.23. The van der Waals surface area contributed by atoms with E-state index in [-0.39, 0.29) is 11.7 Å². The van der Waals surface area contributed by atoms with E-state index in [2.05, 4.69) is 50.1 Å². The predicted octanol–water partition coefficient (Wildman–Crippen LogP) is 8.68. The van der Waals surface area contributed by atoms with E-state index in [0.29, 0.717) is 13.0 Å². The molecule has 0 fully saturated rings. The monoisotopic (exact) mass is 470 g/mol. The molecule has 0 saturated carbocycles. The molecule has 2 aromatic rings. The Morgan fingerprint density at radius 2 is 1.44 bits per heavy atom. The molecular weight excluding hydrogens is 420 g/mol. The van der Waals surface area contributed by atoms with Crippen molar-refractivity contribution in [3.05, 3.63) is 93.2 Å². The molecule has 0 radical (unpaired) electrons. The highest BCUT2D eigenvalue weighted by Crippen LogP contribution is 2.22. The van der Waals surface area contributed by atoms with Crippen LogP contribution in [0, 0.1) is 0 Å². The highest BCUT2D eigenvalue weighted by molar-refractivity contribution is 5.84. The van der Waals surface area contributed by atoms with Crippen molar-refractivity contribution in [1.82, 2.24) is 10.3 Å². The highest BCUT2D eigenvalue weighted by Gasteiger charge is 2.05. The van der Waals surface area contributed by atoms with Crippen LogP contribution in [0.15, 0.2) is 87.7 Å². The zero-order valence-electron chi connectivity index (χ0n) is 22.6. The Morgan fingerprint density at radius 1 is 0.971 bits per heavy atom. The van der Waals surface area contributed by atoms with Crippen LogP contribution in [0.1, 0.15) is 66.4 Å². The fourth-order valence-electron chi connectivity index (χ4n) is 2.03. The number of fused-ring (bicyclic) bond motifs is 1. The van der Waals surface area contributed by atoms with Crippen molar-refractivity contribution in [3.63, 3.8) is 0 Å². The number of carbonyl (C=O) groups excluding carboxylic acids is 1. The first kappa shape index (κ1) is 38.0. The lowest BCUT2D eigenvalue weighted by Gasteiger charge is -2.03. The molecule has 4 nitrogen and oxygen atoms in total. The quantitative estimate of drug-likeness (QED) is 0.370. The maximum Gasteiger partial charge on any atom is 0.219 e. The lowest BCUT2D eigenvalue weighted by atomic mass is 10.1. The number of allylic oxidation sites excluding steroid dienone is 5. The minimum absolute atomic E-state index is 0.0974. The number of H-pyrrole nitrogens is 1. The molecule has 3 N–H and O–H groups in total. The van der Waals surface area contributed by atoms with Crippen molar-refractivity contribution in [2.24, 2.45) is 0 Å². The van der Waals surface area contributed by atoms with Gasteiger partial charge in [0.2, 0.25) is 5.91 Å². The van der Waals surface area contributed by atoms with Crippen LogP contribution in [0.4, 0.5) is 0 Å². The van der Waals surface area contributed by atoms with Crippen molar-refractivity contribution in [1.29, 1.82) is 0 Å². The molecule has 0 aliphatic rings. The normalized spacial score (nSPS) is 7.94. The smallest absolute Gasteiger partial charge is 0.219 e. The number of phenolic OH excluding ortho intramolecular Hbond substituents is 1. The van der Waals surface area contributed by atoms with Crippen molar-refractivity contribution in [3.8, 4) is 5.75 Å². The Hall–Kier alpha value is -3.27. The molecule has 1 aromatic carbocycles. The number of hydrogen-bond acceptors (Lipinski definition) is 2. The van der Waals surface area contributed by atoms with Crippen molar-refractivity contribution >= 4 is 16.8 Å². The Balaban J connectivity index is -0.000000232. The van der Waals surface area contributed by atoms with Gasteiger partial charge in [0.1, 0.15) is 5.75 Å². The lowest BCUT2D eigenvalue weighted by Crippen LogP contribution is -2.25. The summed E-state index contributed by atoms with van der Waals surface area (Å²) < 4.78 is 0. The van der Waals surface area contributed by atoms with Gasteiger partial charge in [-0.3, -0.25) is 4.79 Å². The van der Waals surface area contributed by atoms with Crippen molar-refractivity contribution < 1.29 is 9.90 Å². The molecule has 1 heterocycles. The SMILES string of the molecule is C=CC.C=CC.C=CC.C=CC.C=CCC.CCCC(=O)NCCc1c[nH]c2ccc(O)cc12. The first-order valence-electron chi connectivity index (χ1n) is 11.7. The van der Waals surface area contributed by atoms with Gasteiger partial charge < -0.3 is 15.4 Å². The van der Waals surface area contributed by atoms with Gasteiger partial charge >= 0.3 is 0 Å². The Kier molecular flexibility index (Phi) is 35.7. The molecule has 1 aromatic heterocycles. The van der Waals surface area contributed by atoms with E-state index >= 15 is 0 Å². The second kappa shape index (κ2) is 31.9. The molecule has 1 amide bonds. The summed E-state index contributed by atoms with van der Waals surface area (Å²) in [5.41, 5.74) is 2.11. The summed E-state index contributed by atoms with van der Waals surface area (Å²) in [7, 11) is 0. The van der Waals surface area contributed by atoms with Crippen LogP contribution in [0.3, 0.4) is 0 Å². The summed E-state index contributed by atoms with van der Waals surface area (Å²) >= 11 is 0. The van der Waals surface area contributed by atoms with Gasteiger partial charge in [-0.05, 0) is 70.7 Å². The molecule has 0 atom stereocenters. The molecule has 0 saturated heterocycles. The average molecular weight is 471 g/mol. The zero-order valence-corrected chi connectivity index (χ0v) is 22.6. The summed E-state index contributed by atoms with van der Waals surface area (Å²) in [5, 5.41) is 13.4. The molecule has 192 valence electrons. The minimum Gasteiger partial charge on any atom is -0.508 e. The van der Waals surface area contributed by atoms with Gasteiger partial charge in [0, 0.05) is 30.1 Å². The molecule has 0 unspecified atom stereocenters. The fourth-order valence-corrected chi connectivity index (χ4v) is 2.03. The Bertz CT molecular complexity index is 749. The van der Waals surface area contributed by atoms with Crippen molar-refractivity contribution in [2.45, 2.75) is 67.2 Å². The largest absolute Gasteiger partial charge is 0.508 e. The Morgan fingerprint density at radius 3 is 1.85 bits per heavy atom. The van der Waals surface area contributed by atoms with Gasteiger partial charge in [0.05, 0.1) is 0 Å². The molecule has 4 heteroatoms. The van der Waals surface area contributed by atoms with Crippen LogP contribution in [0.2, 0.25) is 0 Å². The number of nitrogens with one attached hydrogen (secondary N) is 2. The number of phenols is 1. The van der Waals surface area contributed by atoms with Crippen LogP contribution >= 0.6 is 0 Å². The maximum absolute atomic E-state index is 11.3. The summed E-state index contributed by atoms with van der Waals surface area (Å²) in [5.74, 6) is 0.360. The first-order chi connectivity index (χ1) is 16.3. The second-order valence-corrected chi connectivity index (χ2v) is 6.72. The molecule has 0 spiro atoms. The van der Waals surface area contributed by atoms with Crippen LogP contribution in [-0.2, 0) is 11.2 Å².